The average molecular weight is 306 g/mol. The van der Waals surface area contributed by atoms with Gasteiger partial charge in [0.25, 0.3) is 0 Å². The average Bonchev–Trinajstić information content (AvgIpc) is 2.76. The second kappa shape index (κ2) is 4.49. The van der Waals surface area contributed by atoms with Gasteiger partial charge in [0.05, 0.1) is 28.0 Å². The van der Waals surface area contributed by atoms with Gasteiger partial charge < -0.3 is 5.73 Å². The molecule has 2 rings (SSSR count). The molecule has 0 atom stereocenters. The molecule has 0 bridgehead atoms. The van der Waals surface area contributed by atoms with Crippen LogP contribution >= 0.6 is 0 Å². The Bertz CT molecular complexity index is 752. The molecular weight excluding hydrogens is 297 g/mol. The molecule has 20 heavy (non-hydrogen) atoms. The number of sulfonamides is 1. The molecule has 4 N–H and O–H groups in total. The van der Waals surface area contributed by atoms with Crippen LogP contribution in [0.4, 0.5) is 18.9 Å². The summed E-state index contributed by atoms with van der Waals surface area (Å²) < 4.78 is 60.7. The van der Waals surface area contributed by atoms with E-state index in [0.29, 0.717) is 12.4 Å². The van der Waals surface area contributed by atoms with Crippen molar-refractivity contribution in [2.75, 3.05) is 5.73 Å². The van der Waals surface area contributed by atoms with Crippen molar-refractivity contribution < 1.29 is 21.6 Å². The fourth-order valence-corrected chi connectivity index (χ4v) is 2.03. The van der Waals surface area contributed by atoms with Crippen LogP contribution in [0.5, 0.6) is 0 Å². The van der Waals surface area contributed by atoms with Crippen molar-refractivity contribution in [3.8, 4) is 5.69 Å². The Morgan fingerprint density at radius 3 is 2.40 bits per heavy atom. The zero-order chi connectivity index (χ0) is 15.1. The van der Waals surface area contributed by atoms with Crippen LogP contribution in [0.2, 0.25) is 0 Å². The second-order valence-electron chi connectivity index (χ2n) is 3.94. The fourth-order valence-electron chi connectivity index (χ4n) is 1.50. The number of nitrogens with zero attached hydrogens (tertiary/aromatic N) is 2. The van der Waals surface area contributed by atoms with E-state index in [2.05, 4.69) is 5.10 Å². The van der Waals surface area contributed by atoms with Crippen molar-refractivity contribution in [3.63, 3.8) is 0 Å². The third-order valence-corrected chi connectivity index (χ3v) is 3.40. The fraction of sp³-hybridized carbons (Fsp3) is 0.100. The van der Waals surface area contributed by atoms with Crippen molar-refractivity contribution in [1.29, 1.82) is 0 Å². The van der Waals surface area contributed by atoms with Gasteiger partial charge in [-0.05, 0) is 18.2 Å². The van der Waals surface area contributed by atoms with Gasteiger partial charge in [0, 0.05) is 6.20 Å². The quantitative estimate of drug-likeness (QED) is 0.811. The Hall–Kier alpha value is -2.07. The summed E-state index contributed by atoms with van der Waals surface area (Å²) in [4.78, 5) is -0.272. The molecule has 0 saturated heterocycles. The SMILES string of the molecule is Nc1ccc(S(N)(=O)=O)cc1-n1cc(C(F)(F)F)cn1. The summed E-state index contributed by atoms with van der Waals surface area (Å²) in [5.74, 6) is 0. The van der Waals surface area contributed by atoms with Crippen molar-refractivity contribution in [2.24, 2.45) is 5.14 Å². The van der Waals surface area contributed by atoms with E-state index in [4.69, 9.17) is 10.9 Å². The molecule has 10 heteroatoms. The van der Waals surface area contributed by atoms with Crippen molar-refractivity contribution in [2.45, 2.75) is 11.1 Å². The van der Waals surface area contributed by atoms with Crippen LogP contribution in [-0.4, -0.2) is 18.2 Å². The van der Waals surface area contributed by atoms with Crippen LogP contribution < -0.4 is 10.9 Å². The number of rotatable bonds is 2. The van der Waals surface area contributed by atoms with Gasteiger partial charge in [-0.15, -0.1) is 0 Å². The highest BCUT2D eigenvalue weighted by Gasteiger charge is 2.32. The van der Waals surface area contributed by atoms with Gasteiger partial charge in [0.1, 0.15) is 0 Å². The topological polar surface area (TPSA) is 104 Å². The van der Waals surface area contributed by atoms with E-state index in [0.717, 1.165) is 16.8 Å². The summed E-state index contributed by atoms with van der Waals surface area (Å²) in [7, 11) is -3.99. The maximum Gasteiger partial charge on any atom is 0.419 e. The number of benzene rings is 1. The zero-order valence-electron chi connectivity index (χ0n) is 9.79. The number of alkyl halides is 3. The number of hydrogen-bond donors (Lipinski definition) is 2. The van der Waals surface area contributed by atoms with E-state index in [1.54, 1.807) is 0 Å². The maximum atomic E-state index is 12.5. The molecule has 0 aliphatic heterocycles. The number of anilines is 1. The Kier molecular flexibility index (Phi) is 3.22. The van der Waals surface area contributed by atoms with E-state index in [1.807, 2.05) is 0 Å². The smallest absolute Gasteiger partial charge is 0.397 e. The minimum absolute atomic E-state index is 0.00738. The summed E-state index contributed by atoms with van der Waals surface area (Å²) in [6, 6.07) is 3.43. The van der Waals surface area contributed by atoms with Crippen molar-refractivity contribution in [3.05, 3.63) is 36.2 Å². The van der Waals surface area contributed by atoms with E-state index in [1.165, 1.54) is 6.07 Å². The Morgan fingerprint density at radius 2 is 1.90 bits per heavy atom. The number of primary sulfonamides is 1. The number of hydrogen-bond acceptors (Lipinski definition) is 4. The number of nitrogen functional groups attached to an aromatic ring is 1. The molecule has 1 aromatic carbocycles. The molecule has 1 heterocycles. The van der Waals surface area contributed by atoms with E-state index < -0.39 is 21.8 Å². The molecule has 0 saturated carbocycles. The predicted octanol–water partition coefficient (Wildman–Crippen LogP) is 1.12. The lowest BCUT2D eigenvalue weighted by Gasteiger charge is -2.07. The molecule has 0 spiro atoms. The number of aromatic nitrogens is 2. The molecule has 6 nitrogen and oxygen atoms in total. The van der Waals surface area contributed by atoms with Gasteiger partial charge in [0.15, 0.2) is 0 Å². The second-order valence-corrected chi connectivity index (χ2v) is 5.50. The van der Waals surface area contributed by atoms with Crippen LogP contribution in [0.3, 0.4) is 0 Å². The Morgan fingerprint density at radius 1 is 1.25 bits per heavy atom. The van der Waals surface area contributed by atoms with Crippen molar-refractivity contribution in [1.82, 2.24) is 9.78 Å². The van der Waals surface area contributed by atoms with E-state index in [-0.39, 0.29) is 16.3 Å². The molecule has 0 aliphatic rings. The molecule has 0 amide bonds. The zero-order valence-corrected chi connectivity index (χ0v) is 10.6. The van der Waals surface area contributed by atoms with E-state index >= 15 is 0 Å². The third-order valence-electron chi connectivity index (χ3n) is 2.49. The summed E-state index contributed by atoms with van der Waals surface area (Å²) >= 11 is 0. The normalized spacial score (nSPS) is 12.6. The van der Waals surface area contributed by atoms with Gasteiger partial charge in [-0.1, -0.05) is 0 Å². The van der Waals surface area contributed by atoms with Crippen LogP contribution in [-0.2, 0) is 16.2 Å². The number of halogens is 3. The molecule has 1 aromatic heterocycles. The largest absolute Gasteiger partial charge is 0.419 e. The monoisotopic (exact) mass is 306 g/mol. The van der Waals surface area contributed by atoms with Crippen LogP contribution in [0.15, 0.2) is 35.5 Å². The first-order valence-electron chi connectivity index (χ1n) is 5.13. The third kappa shape index (κ3) is 2.75. The first-order valence-corrected chi connectivity index (χ1v) is 6.68. The van der Waals surface area contributed by atoms with Gasteiger partial charge in [-0.3, -0.25) is 0 Å². The molecule has 0 fully saturated rings. The lowest BCUT2D eigenvalue weighted by atomic mass is 10.2. The number of nitrogens with two attached hydrogens (primary N) is 2. The van der Waals surface area contributed by atoms with Crippen LogP contribution in [0.25, 0.3) is 5.69 Å². The first-order chi connectivity index (χ1) is 9.09. The summed E-state index contributed by atoms with van der Waals surface area (Å²) in [6.07, 6.45) is -3.23. The summed E-state index contributed by atoms with van der Waals surface area (Å²) in [5.41, 5.74) is 4.69. The van der Waals surface area contributed by atoms with Gasteiger partial charge in [-0.2, -0.15) is 18.3 Å². The van der Waals surface area contributed by atoms with E-state index in [9.17, 15) is 21.6 Å². The molecule has 2 aromatic rings. The molecule has 108 valence electrons. The van der Waals surface area contributed by atoms with Crippen LogP contribution in [0.1, 0.15) is 5.56 Å². The van der Waals surface area contributed by atoms with Gasteiger partial charge in [0.2, 0.25) is 10.0 Å². The van der Waals surface area contributed by atoms with Gasteiger partial charge >= 0.3 is 6.18 Å². The highest BCUT2D eigenvalue weighted by molar-refractivity contribution is 7.89. The maximum absolute atomic E-state index is 12.5. The lowest BCUT2D eigenvalue weighted by molar-refractivity contribution is -0.137. The molecule has 0 unspecified atom stereocenters. The minimum Gasteiger partial charge on any atom is -0.397 e. The Balaban J connectivity index is 2.55. The molecule has 0 aliphatic carbocycles. The predicted molar refractivity (Wildman–Crippen MR) is 64.4 cm³/mol. The Labute approximate surface area is 111 Å². The van der Waals surface area contributed by atoms with Crippen LogP contribution in [0, 0.1) is 0 Å². The standard InChI is InChI=1S/C10H9F3N4O2S/c11-10(12,13)6-4-16-17(5-6)9-3-7(20(15,18)19)1-2-8(9)14/h1-5H,14H2,(H2,15,18,19). The van der Waals surface area contributed by atoms with Crippen molar-refractivity contribution >= 4 is 15.7 Å². The first kappa shape index (κ1) is 14.3. The highest BCUT2D eigenvalue weighted by atomic mass is 32.2. The minimum atomic E-state index is -4.55. The molecule has 0 radical (unpaired) electrons. The summed E-state index contributed by atoms with van der Waals surface area (Å²) in [5, 5.41) is 8.47. The highest BCUT2D eigenvalue weighted by Crippen LogP contribution is 2.30. The lowest BCUT2D eigenvalue weighted by Crippen LogP contribution is -2.13. The van der Waals surface area contributed by atoms with Gasteiger partial charge in [-0.25, -0.2) is 18.2 Å². The molecular formula is C10H9F3N4O2S. The summed E-state index contributed by atoms with van der Waals surface area (Å²) in [6.45, 7) is 0.